The summed E-state index contributed by atoms with van der Waals surface area (Å²) in [6.07, 6.45) is 5.19. The lowest BCUT2D eigenvalue weighted by atomic mass is 10.1. The molecule has 3 N–H and O–H groups in total. The maximum Gasteiger partial charge on any atom is 0.234 e. The fourth-order valence-electron chi connectivity index (χ4n) is 1.89. The molecular formula is C16H22N4O. The van der Waals surface area contributed by atoms with Crippen LogP contribution in [0.4, 0.5) is 5.82 Å². The first-order valence-corrected chi connectivity index (χ1v) is 7.28. The predicted molar refractivity (Wildman–Crippen MR) is 84.3 cm³/mol. The molecule has 0 aliphatic carbocycles. The van der Waals surface area contributed by atoms with Gasteiger partial charge in [0.15, 0.2) is 0 Å². The van der Waals surface area contributed by atoms with Gasteiger partial charge in [-0.1, -0.05) is 31.2 Å². The molecule has 0 aliphatic rings. The lowest BCUT2D eigenvalue weighted by molar-refractivity contribution is 0.304. The second kappa shape index (κ2) is 8.21. The van der Waals surface area contributed by atoms with E-state index in [-0.39, 0.29) is 0 Å². The van der Waals surface area contributed by atoms with Crippen molar-refractivity contribution in [2.45, 2.75) is 26.3 Å². The van der Waals surface area contributed by atoms with Gasteiger partial charge in [0.25, 0.3) is 0 Å². The van der Waals surface area contributed by atoms with Crippen LogP contribution in [0.25, 0.3) is 0 Å². The summed E-state index contributed by atoms with van der Waals surface area (Å²) in [5, 5.41) is 3.25. The molecule has 0 atom stereocenters. The van der Waals surface area contributed by atoms with E-state index in [2.05, 4.69) is 46.5 Å². The molecular weight excluding hydrogens is 264 g/mol. The molecule has 0 saturated heterocycles. The lowest BCUT2D eigenvalue weighted by Crippen LogP contribution is -2.05. The largest absolute Gasteiger partial charge is 0.477 e. The second-order valence-electron chi connectivity index (χ2n) is 4.80. The maximum absolute atomic E-state index is 5.54. The second-order valence-corrected chi connectivity index (χ2v) is 4.80. The summed E-state index contributed by atoms with van der Waals surface area (Å²) < 4.78 is 5.47. The summed E-state index contributed by atoms with van der Waals surface area (Å²) >= 11 is 0. The lowest BCUT2D eigenvalue weighted by Gasteiger charge is -2.08. The van der Waals surface area contributed by atoms with Crippen LogP contribution in [0.3, 0.4) is 0 Å². The number of ether oxygens (including phenoxy) is 1. The van der Waals surface area contributed by atoms with Crippen molar-refractivity contribution in [1.29, 1.82) is 0 Å². The monoisotopic (exact) mass is 286 g/mol. The molecule has 0 spiro atoms. The Hall–Kier alpha value is -2.14. The molecule has 0 saturated carbocycles. The zero-order chi connectivity index (χ0) is 14.9. The highest BCUT2D eigenvalue weighted by Crippen LogP contribution is 2.11. The van der Waals surface area contributed by atoms with E-state index < -0.39 is 0 Å². The number of nitrogens with one attached hydrogen (secondary N) is 1. The van der Waals surface area contributed by atoms with Crippen LogP contribution in [0.1, 0.15) is 24.5 Å². The fourth-order valence-corrected chi connectivity index (χ4v) is 1.89. The molecule has 1 aromatic heterocycles. The molecule has 0 fully saturated rings. The quantitative estimate of drug-likeness (QED) is 0.779. The molecule has 2 rings (SSSR count). The van der Waals surface area contributed by atoms with Crippen LogP contribution in [0.2, 0.25) is 0 Å². The molecule has 112 valence electrons. The number of rotatable bonds is 8. The first kappa shape index (κ1) is 15.3. The molecule has 1 aromatic carbocycles. The van der Waals surface area contributed by atoms with Gasteiger partial charge < -0.3 is 15.8 Å². The van der Waals surface area contributed by atoms with Crippen LogP contribution in [0.15, 0.2) is 36.7 Å². The van der Waals surface area contributed by atoms with Gasteiger partial charge in [-0.2, -0.15) is 4.98 Å². The normalized spacial score (nSPS) is 10.4. The Labute approximate surface area is 125 Å². The Morgan fingerprint density at radius 3 is 2.62 bits per heavy atom. The summed E-state index contributed by atoms with van der Waals surface area (Å²) in [4.78, 5) is 8.48. The van der Waals surface area contributed by atoms with Crippen LogP contribution in [-0.2, 0) is 13.0 Å². The minimum absolute atomic E-state index is 0.556. The number of aromatic nitrogens is 2. The Balaban J connectivity index is 1.90. The number of nitrogens with two attached hydrogens (primary N) is 1. The Bertz CT molecular complexity index is 542. The van der Waals surface area contributed by atoms with E-state index in [1.165, 1.54) is 11.1 Å². The third-order valence-corrected chi connectivity index (χ3v) is 3.00. The Morgan fingerprint density at radius 1 is 1.14 bits per heavy atom. The molecule has 21 heavy (non-hydrogen) atoms. The summed E-state index contributed by atoms with van der Waals surface area (Å²) in [5.74, 6) is 1.27. The number of hydrogen-bond donors (Lipinski definition) is 2. The number of nitrogens with zero attached hydrogens (tertiary/aromatic N) is 2. The molecule has 0 aliphatic heterocycles. The van der Waals surface area contributed by atoms with Gasteiger partial charge in [0.05, 0.1) is 19.0 Å². The number of hydrogen-bond acceptors (Lipinski definition) is 5. The van der Waals surface area contributed by atoms with Crippen molar-refractivity contribution in [3.8, 4) is 5.88 Å². The van der Waals surface area contributed by atoms with Gasteiger partial charge >= 0.3 is 0 Å². The van der Waals surface area contributed by atoms with Crippen molar-refractivity contribution >= 4 is 5.82 Å². The van der Waals surface area contributed by atoms with Crippen molar-refractivity contribution in [3.05, 3.63) is 47.8 Å². The van der Waals surface area contributed by atoms with Crippen LogP contribution < -0.4 is 15.8 Å². The SMILES string of the molecule is CCCOc1cncc(NCc2ccc(CCN)cc2)n1. The minimum Gasteiger partial charge on any atom is -0.477 e. The van der Waals surface area contributed by atoms with E-state index >= 15 is 0 Å². The summed E-state index contributed by atoms with van der Waals surface area (Å²) in [6.45, 7) is 4.09. The van der Waals surface area contributed by atoms with Crippen LogP contribution in [0, 0.1) is 0 Å². The Kier molecular flexibility index (Phi) is 5.97. The third-order valence-electron chi connectivity index (χ3n) is 3.00. The topological polar surface area (TPSA) is 73.1 Å². The van der Waals surface area contributed by atoms with Crippen LogP contribution in [-0.4, -0.2) is 23.1 Å². The van der Waals surface area contributed by atoms with Crippen molar-refractivity contribution in [3.63, 3.8) is 0 Å². The molecule has 0 amide bonds. The predicted octanol–water partition coefficient (Wildman–Crippen LogP) is 2.38. The van der Waals surface area contributed by atoms with E-state index in [9.17, 15) is 0 Å². The smallest absolute Gasteiger partial charge is 0.234 e. The van der Waals surface area contributed by atoms with Gasteiger partial charge in [0.2, 0.25) is 5.88 Å². The van der Waals surface area contributed by atoms with Crippen LogP contribution in [0.5, 0.6) is 5.88 Å². The fraction of sp³-hybridized carbons (Fsp3) is 0.375. The molecule has 0 bridgehead atoms. The summed E-state index contributed by atoms with van der Waals surface area (Å²) in [6, 6.07) is 8.42. The summed E-state index contributed by atoms with van der Waals surface area (Å²) in [7, 11) is 0. The first-order valence-electron chi connectivity index (χ1n) is 7.28. The zero-order valence-corrected chi connectivity index (χ0v) is 12.4. The average molecular weight is 286 g/mol. The van der Waals surface area contributed by atoms with E-state index in [1.807, 2.05) is 0 Å². The highest BCUT2D eigenvalue weighted by atomic mass is 16.5. The van der Waals surface area contributed by atoms with E-state index in [0.29, 0.717) is 25.6 Å². The number of benzene rings is 1. The maximum atomic E-state index is 5.54. The van der Waals surface area contributed by atoms with Gasteiger partial charge in [0.1, 0.15) is 5.82 Å². The molecule has 5 heteroatoms. The van der Waals surface area contributed by atoms with E-state index in [4.69, 9.17) is 10.5 Å². The molecule has 0 unspecified atom stereocenters. The zero-order valence-electron chi connectivity index (χ0n) is 12.4. The average Bonchev–Trinajstić information content (AvgIpc) is 2.53. The Morgan fingerprint density at radius 2 is 1.90 bits per heavy atom. The van der Waals surface area contributed by atoms with Gasteiger partial charge in [0, 0.05) is 6.54 Å². The van der Waals surface area contributed by atoms with Crippen molar-refractivity contribution in [2.75, 3.05) is 18.5 Å². The van der Waals surface area contributed by atoms with Gasteiger partial charge in [-0.05, 0) is 30.5 Å². The molecule has 1 heterocycles. The minimum atomic E-state index is 0.556. The standard InChI is InChI=1S/C16H22N4O/c1-2-9-21-16-12-18-11-15(20-16)19-10-14-5-3-13(4-6-14)7-8-17/h3-6,11-12H,2,7-10,17H2,1H3,(H,19,20). The van der Waals surface area contributed by atoms with E-state index in [1.54, 1.807) is 12.4 Å². The third kappa shape index (κ3) is 5.04. The highest BCUT2D eigenvalue weighted by Gasteiger charge is 2.00. The molecule has 5 nitrogen and oxygen atoms in total. The van der Waals surface area contributed by atoms with Crippen molar-refractivity contribution in [2.24, 2.45) is 5.73 Å². The van der Waals surface area contributed by atoms with E-state index in [0.717, 1.165) is 18.7 Å². The van der Waals surface area contributed by atoms with Crippen molar-refractivity contribution in [1.82, 2.24) is 9.97 Å². The molecule has 2 aromatic rings. The number of anilines is 1. The first-order chi connectivity index (χ1) is 10.3. The van der Waals surface area contributed by atoms with Crippen molar-refractivity contribution < 1.29 is 4.74 Å². The van der Waals surface area contributed by atoms with Gasteiger partial charge in [-0.25, -0.2) is 0 Å². The summed E-state index contributed by atoms with van der Waals surface area (Å²) in [5.41, 5.74) is 7.99. The van der Waals surface area contributed by atoms with Gasteiger partial charge in [-0.3, -0.25) is 4.98 Å². The van der Waals surface area contributed by atoms with Gasteiger partial charge in [-0.15, -0.1) is 0 Å². The molecule has 0 radical (unpaired) electrons. The highest BCUT2D eigenvalue weighted by molar-refractivity contribution is 5.35. The van der Waals surface area contributed by atoms with Crippen LogP contribution >= 0.6 is 0 Å².